The minimum atomic E-state index is -0.820. The first-order chi connectivity index (χ1) is 11.0. The Morgan fingerprint density at radius 2 is 2.09 bits per heavy atom. The lowest BCUT2D eigenvalue weighted by Crippen LogP contribution is -2.36. The molecule has 2 fully saturated rings. The van der Waals surface area contributed by atoms with Crippen molar-refractivity contribution in [2.75, 3.05) is 49.2 Å². The van der Waals surface area contributed by atoms with Crippen LogP contribution in [-0.4, -0.2) is 56.5 Å². The Balaban J connectivity index is 1.75. The van der Waals surface area contributed by atoms with Crippen LogP contribution >= 0.6 is 0 Å². The lowest BCUT2D eigenvalue weighted by molar-refractivity contribution is -0.488. The van der Waals surface area contributed by atoms with Gasteiger partial charge in [-0.1, -0.05) is 0 Å². The van der Waals surface area contributed by atoms with Crippen LogP contribution in [0.3, 0.4) is 0 Å². The van der Waals surface area contributed by atoms with Crippen molar-refractivity contribution in [1.29, 1.82) is 0 Å². The van der Waals surface area contributed by atoms with Crippen molar-refractivity contribution < 1.29 is 23.6 Å². The Bertz CT molecular complexity index is 620. The molecule has 0 radical (unpaired) electrons. The molecule has 2 heterocycles. The zero-order chi connectivity index (χ0) is 16.4. The molecular formula is C14H16FN3O5. The van der Waals surface area contributed by atoms with Crippen LogP contribution in [0, 0.1) is 15.9 Å². The number of hydrogen-bond donors (Lipinski definition) is 0. The Kier molecular flexibility index (Phi) is 4.28. The highest BCUT2D eigenvalue weighted by Crippen LogP contribution is 2.28. The summed E-state index contributed by atoms with van der Waals surface area (Å²) in [5, 5.41) is 10.5. The second-order valence-electron chi connectivity index (χ2n) is 5.37. The van der Waals surface area contributed by atoms with Gasteiger partial charge in [0.2, 0.25) is 6.54 Å². The number of halogens is 1. The van der Waals surface area contributed by atoms with Crippen molar-refractivity contribution in [2.24, 2.45) is 0 Å². The van der Waals surface area contributed by atoms with E-state index >= 15 is 0 Å². The van der Waals surface area contributed by atoms with Gasteiger partial charge >= 0.3 is 6.09 Å². The number of carbonyl (C=O) groups is 1. The summed E-state index contributed by atoms with van der Waals surface area (Å²) in [7, 11) is 0. The largest absolute Gasteiger partial charge is 0.437 e. The van der Waals surface area contributed by atoms with E-state index in [2.05, 4.69) is 0 Å². The molecule has 0 N–H and O–H groups in total. The maximum absolute atomic E-state index is 14.4. The van der Waals surface area contributed by atoms with E-state index in [1.54, 1.807) is 12.1 Å². The molecule has 1 atom stereocenters. The summed E-state index contributed by atoms with van der Waals surface area (Å²) >= 11 is 0. The highest BCUT2D eigenvalue weighted by atomic mass is 19.1. The van der Waals surface area contributed by atoms with Gasteiger partial charge in [-0.2, -0.15) is 0 Å². The maximum Gasteiger partial charge on any atom is 0.414 e. The fraction of sp³-hybridized carbons (Fsp3) is 0.500. The number of cyclic esters (lactones) is 1. The molecule has 8 nitrogen and oxygen atoms in total. The predicted molar refractivity (Wildman–Crippen MR) is 78.9 cm³/mol. The van der Waals surface area contributed by atoms with Gasteiger partial charge in [0.1, 0.15) is 5.82 Å². The molecule has 2 aliphatic rings. The molecule has 0 aromatic heterocycles. The summed E-state index contributed by atoms with van der Waals surface area (Å²) in [5.74, 6) is -0.449. The SMILES string of the molecule is O=C1O[C@H](C[N+](=O)[O-])CN1c1ccc(N2CCOCC2)c(F)c1. The van der Waals surface area contributed by atoms with Crippen LogP contribution in [0.5, 0.6) is 0 Å². The van der Waals surface area contributed by atoms with Gasteiger partial charge in [0.25, 0.3) is 0 Å². The summed E-state index contributed by atoms with van der Waals surface area (Å²) in [6.07, 6.45) is -1.52. The molecule has 9 heteroatoms. The molecule has 1 amide bonds. The highest BCUT2D eigenvalue weighted by Gasteiger charge is 2.35. The van der Waals surface area contributed by atoms with Crippen molar-refractivity contribution in [2.45, 2.75) is 6.10 Å². The summed E-state index contributed by atoms with van der Waals surface area (Å²) in [5.41, 5.74) is 0.779. The van der Waals surface area contributed by atoms with E-state index in [0.29, 0.717) is 37.7 Å². The Hall–Kier alpha value is -2.42. The van der Waals surface area contributed by atoms with Crippen LogP contribution < -0.4 is 9.80 Å². The maximum atomic E-state index is 14.4. The van der Waals surface area contributed by atoms with E-state index in [0.717, 1.165) is 0 Å². The number of amides is 1. The smallest absolute Gasteiger partial charge is 0.414 e. The van der Waals surface area contributed by atoms with E-state index in [9.17, 15) is 19.3 Å². The minimum Gasteiger partial charge on any atom is -0.437 e. The van der Waals surface area contributed by atoms with Gasteiger partial charge in [0.15, 0.2) is 6.10 Å². The number of benzene rings is 1. The number of nitrogens with zero attached hydrogens (tertiary/aromatic N) is 3. The Labute approximate surface area is 131 Å². The summed E-state index contributed by atoms with van der Waals surface area (Å²) < 4.78 is 24.5. The topological polar surface area (TPSA) is 85.1 Å². The molecule has 1 aromatic carbocycles. The highest BCUT2D eigenvalue weighted by molar-refractivity contribution is 5.90. The quantitative estimate of drug-likeness (QED) is 0.612. The molecule has 0 aliphatic carbocycles. The molecular weight excluding hydrogens is 309 g/mol. The lowest BCUT2D eigenvalue weighted by Gasteiger charge is -2.29. The standard InChI is InChI=1S/C14H16FN3O5/c15-12-7-10(1-2-13(12)16-3-5-22-6-4-16)17-8-11(9-18(20)21)23-14(17)19/h1-2,7,11H,3-6,8-9H2/t11-/m0/s1. The number of ether oxygens (including phenoxy) is 2. The Morgan fingerprint density at radius 3 is 2.74 bits per heavy atom. The first-order valence-corrected chi connectivity index (χ1v) is 7.27. The van der Waals surface area contributed by atoms with Gasteiger partial charge < -0.3 is 14.4 Å². The molecule has 0 spiro atoms. The van der Waals surface area contributed by atoms with Crippen LogP contribution in [0.4, 0.5) is 20.6 Å². The third kappa shape index (κ3) is 3.34. The number of carbonyl (C=O) groups excluding carboxylic acids is 1. The molecule has 23 heavy (non-hydrogen) atoms. The fourth-order valence-electron chi connectivity index (χ4n) is 2.72. The fourth-order valence-corrected chi connectivity index (χ4v) is 2.72. The van der Waals surface area contributed by atoms with Crippen molar-refractivity contribution in [3.63, 3.8) is 0 Å². The van der Waals surface area contributed by atoms with E-state index in [1.807, 2.05) is 4.90 Å². The predicted octanol–water partition coefficient (Wildman–Crippen LogP) is 1.26. The first kappa shape index (κ1) is 15.5. The van der Waals surface area contributed by atoms with Crippen LogP contribution in [0.1, 0.15) is 0 Å². The second kappa shape index (κ2) is 6.37. The molecule has 2 saturated heterocycles. The van der Waals surface area contributed by atoms with Crippen LogP contribution in [0.25, 0.3) is 0 Å². The average molecular weight is 325 g/mol. The van der Waals surface area contributed by atoms with Gasteiger partial charge in [-0.3, -0.25) is 15.0 Å². The second-order valence-corrected chi connectivity index (χ2v) is 5.37. The van der Waals surface area contributed by atoms with Crippen molar-refractivity contribution >= 4 is 17.5 Å². The molecule has 3 rings (SSSR count). The third-order valence-electron chi connectivity index (χ3n) is 3.82. The number of nitro groups is 1. The zero-order valence-corrected chi connectivity index (χ0v) is 12.3. The number of rotatable bonds is 4. The average Bonchev–Trinajstić information content (AvgIpc) is 2.87. The zero-order valence-electron chi connectivity index (χ0n) is 12.3. The molecule has 0 saturated carbocycles. The van der Waals surface area contributed by atoms with Crippen LogP contribution in [0.15, 0.2) is 18.2 Å². The summed E-state index contributed by atoms with van der Waals surface area (Å²) in [6, 6.07) is 4.47. The van der Waals surface area contributed by atoms with Gasteiger partial charge in [-0.15, -0.1) is 0 Å². The molecule has 2 aliphatic heterocycles. The van der Waals surface area contributed by atoms with E-state index < -0.39 is 29.5 Å². The van der Waals surface area contributed by atoms with Gasteiger partial charge in [0, 0.05) is 18.0 Å². The summed E-state index contributed by atoms with van der Waals surface area (Å²) in [4.78, 5) is 24.8. The normalized spacial score (nSPS) is 21.4. The molecule has 0 bridgehead atoms. The molecule has 0 unspecified atom stereocenters. The number of anilines is 2. The third-order valence-corrected chi connectivity index (χ3v) is 3.82. The monoisotopic (exact) mass is 325 g/mol. The lowest BCUT2D eigenvalue weighted by atomic mass is 10.2. The van der Waals surface area contributed by atoms with E-state index in [4.69, 9.17) is 9.47 Å². The number of morpholine rings is 1. The molecule has 124 valence electrons. The van der Waals surface area contributed by atoms with Crippen molar-refractivity contribution in [3.8, 4) is 0 Å². The van der Waals surface area contributed by atoms with Gasteiger partial charge in [0.05, 0.1) is 31.1 Å². The van der Waals surface area contributed by atoms with Crippen LogP contribution in [0.2, 0.25) is 0 Å². The Morgan fingerprint density at radius 1 is 1.35 bits per heavy atom. The molecule has 1 aromatic rings. The number of hydrogen-bond acceptors (Lipinski definition) is 6. The van der Waals surface area contributed by atoms with Crippen molar-refractivity contribution in [1.82, 2.24) is 0 Å². The minimum absolute atomic E-state index is 0.0379. The van der Waals surface area contributed by atoms with Gasteiger partial charge in [-0.05, 0) is 18.2 Å². The van der Waals surface area contributed by atoms with Gasteiger partial charge in [-0.25, -0.2) is 9.18 Å². The van der Waals surface area contributed by atoms with E-state index in [-0.39, 0.29) is 6.54 Å². The van der Waals surface area contributed by atoms with E-state index in [1.165, 1.54) is 11.0 Å². The van der Waals surface area contributed by atoms with Crippen LogP contribution in [-0.2, 0) is 9.47 Å². The summed E-state index contributed by atoms with van der Waals surface area (Å²) in [6.45, 7) is 1.87. The first-order valence-electron chi connectivity index (χ1n) is 7.27. The van der Waals surface area contributed by atoms with Crippen molar-refractivity contribution in [3.05, 3.63) is 34.1 Å².